The van der Waals surface area contributed by atoms with Gasteiger partial charge in [0.2, 0.25) is 0 Å². The normalized spacial score (nSPS) is 27.2. The van der Waals surface area contributed by atoms with Crippen molar-refractivity contribution in [1.82, 2.24) is 0 Å². The minimum Gasteiger partial charge on any atom is -1.00 e. The fraction of sp³-hybridized carbons (Fsp3) is 1.00. The van der Waals surface area contributed by atoms with Crippen molar-refractivity contribution in [1.29, 1.82) is 0 Å². The molecule has 0 aromatic rings. The number of likely N-dealkylation sites (tertiary alicyclic amines) is 1. The average Bonchev–Trinajstić information content (AvgIpc) is 2.50. The largest absolute Gasteiger partial charge is 1.00 e. The van der Waals surface area contributed by atoms with Crippen molar-refractivity contribution in [2.45, 2.75) is 46.0 Å². The number of hydrogen-bond acceptors (Lipinski definition) is 0. The third-order valence-electron chi connectivity index (χ3n) is 3.05. The molecule has 0 amide bonds. The Morgan fingerprint density at radius 1 is 1.23 bits per heavy atom. The van der Waals surface area contributed by atoms with Crippen molar-refractivity contribution < 1.29 is 17.3 Å². The van der Waals surface area contributed by atoms with Crippen LogP contribution in [0.1, 0.15) is 46.0 Å². The topological polar surface area (TPSA) is 4.44 Å². The van der Waals surface area contributed by atoms with E-state index in [1.54, 1.807) is 0 Å². The Kier molecular flexibility index (Phi) is 7.78. The molecule has 0 aliphatic carbocycles. The van der Waals surface area contributed by atoms with E-state index < -0.39 is 0 Å². The molecular weight excluding hydrogens is 182 g/mol. The number of rotatable bonds is 5. The van der Waals surface area contributed by atoms with Gasteiger partial charge in [-0.15, -0.1) is 0 Å². The molecule has 0 aromatic carbocycles. The number of nitrogens with one attached hydrogen (secondary N) is 1. The highest BCUT2D eigenvalue weighted by atomic mass is 35.5. The van der Waals surface area contributed by atoms with Crippen LogP contribution in [0.2, 0.25) is 0 Å². The van der Waals surface area contributed by atoms with Crippen LogP contribution in [0.15, 0.2) is 0 Å². The van der Waals surface area contributed by atoms with E-state index in [-0.39, 0.29) is 12.4 Å². The lowest BCUT2D eigenvalue weighted by Gasteiger charge is -2.11. The van der Waals surface area contributed by atoms with Gasteiger partial charge in [-0.3, -0.25) is 0 Å². The second kappa shape index (κ2) is 7.64. The maximum absolute atomic E-state index is 2.30. The number of quaternary nitrogens is 1. The summed E-state index contributed by atoms with van der Waals surface area (Å²) < 4.78 is 0. The molecule has 1 aliphatic rings. The molecular formula is C11H24ClN. The molecule has 2 atom stereocenters. The summed E-state index contributed by atoms with van der Waals surface area (Å²) in [4.78, 5) is 1.86. The standard InChI is InChI=1S/C11H23N.ClH/c1-3-5-6-11-7-9-12(10-11)8-4-2;/h11H,3-10H2,1-2H3;1H. The molecule has 80 valence electrons. The predicted molar refractivity (Wildman–Crippen MR) is 53.5 cm³/mol. The third kappa shape index (κ3) is 4.87. The molecule has 1 heterocycles. The first-order chi connectivity index (χ1) is 5.86. The highest BCUT2D eigenvalue weighted by molar-refractivity contribution is 4.62. The van der Waals surface area contributed by atoms with Crippen LogP contribution >= 0.6 is 0 Å². The fourth-order valence-corrected chi connectivity index (χ4v) is 2.34. The molecule has 1 aliphatic heterocycles. The van der Waals surface area contributed by atoms with E-state index in [4.69, 9.17) is 0 Å². The number of unbranched alkanes of at least 4 members (excludes halogenated alkanes) is 1. The van der Waals surface area contributed by atoms with E-state index in [0.717, 1.165) is 5.92 Å². The molecule has 2 heteroatoms. The first-order valence-electron chi connectivity index (χ1n) is 5.70. The van der Waals surface area contributed by atoms with Gasteiger partial charge in [0.15, 0.2) is 0 Å². The summed E-state index contributed by atoms with van der Waals surface area (Å²) in [6, 6.07) is 0. The lowest BCUT2D eigenvalue weighted by Crippen LogP contribution is -3.10. The van der Waals surface area contributed by atoms with Crippen LogP contribution in [-0.2, 0) is 0 Å². The third-order valence-corrected chi connectivity index (χ3v) is 3.05. The maximum atomic E-state index is 2.30. The zero-order valence-corrected chi connectivity index (χ0v) is 9.87. The van der Waals surface area contributed by atoms with Crippen LogP contribution in [0.25, 0.3) is 0 Å². The lowest BCUT2D eigenvalue weighted by molar-refractivity contribution is -0.889. The predicted octanol–water partition coefficient (Wildman–Crippen LogP) is -1.50. The molecule has 0 radical (unpaired) electrons. The van der Waals surface area contributed by atoms with Crippen LogP contribution in [0.3, 0.4) is 0 Å². The molecule has 1 saturated heterocycles. The molecule has 13 heavy (non-hydrogen) atoms. The first-order valence-corrected chi connectivity index (χ1v) is 5.70. The Balaban J connectivity index is 0.00000144. The summed E-state index contributed by atoms with van der Waals surface area (Å²) >= 11 is 0. The second-order valence-electron chi connectivity index (χ2n) is 4.25. The van der Waals surface area contributed by atoms with Gasteiger partial charge in [0.1, 0.15) is 0 Å². The van der Waals surface area contributed by atoms with Gasteiger partial charge in [0.05, 0.1) is 19.6 Å². The van der Waals surface area contributed by atoms with Crippen molar-refractivity contribution >= 4 is 0 Å². The summed E-state index contributed by atoms with van der Waals surface area (Å²) in [5, 5.41) is 0. The Morgan fingerprint density at radius 2 is 2.00 bits per heavy atom. The molecule has 1 N–H and O–H groups in total. The molecule has 0 saturated carbocycles. The zero-order chi connectivity index (χ0) is 8.81. The summed E-state index contributed by atoms with van der Waals surface area (Å²) in [5.41, 5.74) is 0. The SMILES string of the molecule is CCCCC1CC[NH+](CCC)C1.[Cl-]. The molecule has 0 spiro atoms. The van der Waals surface area contributed by atoms with Crippen molar-refractivity contribution in [3.8, 4) is 0 Å². The van der Waals surface area contributed by atoms with Gasteiger partial charge < -0.3 is 17.3 Å². The average molecular weight is 206 g/mol. The maximum Gasteiger partial charge on any atom is 0.0801 e. The summed E-state index contributed by atoms with van der Waals surface area (Å²) in [7, 11) is 0. The zero-order valence-electron chi connectivity index (χ0n) is 9.11. The molecule has 1 fully saturated rings. The van der Waals surface area contributed by atoms with Gasteiger partial charge in [-0.05, 0) is 12.8 Å². The van der Waals surface area contributed by atoms with E-state index in [1.165, 1.54) is 51.7 Å². The van der Waals surface area contributed by atoms with Crippen molar-refractivity contribution in [3.63, 3.8) is 0 Å². The van der Waals surface area contributed by atoms with E-state index >= 15 is 0 Å². The Bertz CT molecular complexity index is 117. The van der Waals surface area contributed by atoms with E-state index in [2.05, 4.69) is 13.8 Å². The Labute approximate surface area is 89.3 Å². The van der Waals surface area contributed by atoms with E-state index in [0.29, 0.717) is 0 Å². The quantitative estimate of drug-likeness (QED) is 0.557. The number of halogens is 1. The Hall–Kier alpha value is 0.250. The summed E-state index contributed by atoms with van der Waals surface area (Å²) in [6.45, 7) is 8.91. The molecule has 1 nitrogen and oxygen atoms in total. The molecule has 0 bridgehead atoms. The molecule has 0 aromatic heterocycles. The lowest BCUT2D eigenvalue weighted by atomic mass is 10.0. The van der Waals surface area contributed by atoms with Gasteiger partial charge in [-0.1, -0.05) is 26.7 Å². The van der Waals surface area contributed by atoms with Crippen LogP contribution in [-0.4, -0.2) is 19.6 Å². The van der Waals surface area contributed by atoms with Gasteiger partial charge in [-0.25, -0.2) is 0 Å². The van der Waals surface area contributed by atoms with E-state index in [9.17, 15) is 0 Å². The highest BCUT2D eigenvalue weighted by Crippen LogP contribution is 2.12. The van der Waals surface area contributed by atoms with Crippen LogP contribution in [0.4, 0.5) is 0 Å². The van der Waals surface area contributed by atoms with Crippen molar-refractivity contribution in [3.05, 3.63) is 0 Å². The first kappa shape index (κ1) is 13.2. The van der Waals surface area contributed by atoms with Crippen LogP contribution in [0.5, 0.6) is 0 Å². The van der Waals surface area contributed by atoms with Crippen molar-refractivity contribution in [2.24, 2.45) is 5.92 Å². The molecule has 2 unspecified atom stereocenters. The second-order valence-corrected chi connectivity index (χ2v) is 4.25. The van der Waals surface area contributed by atoms with Gasteiger partial charge in [0, 0.05) is 12.3 Å². The fourth-order valence-electron chi connectivity index (χ4n) is 2.34. The van der Waals surface area contributed by atoms with E-state index in [1.807, 2.05) is 4.90 Å². The summed E-state index contributed by atoms with van der Waals surface area (Å²) in [6.07, 6.45) is 7.17. The Morgan fingerprint density at radius 3 is 2.62 bits per heavy atom. The van der Waals surface area contributed by atoms with Crippen LogP contribution < -0.4 is 17.3 Å². The van der Waals surface area contributed by atoms with Crippen LogP contribution in [0, 0.1) is 5.92 Å². The minimum absolute atomic E-state index is 0. The van der Waals surface area contributed by atoms with Gasteiger partial charge in [-0.2, -0.15) is 0 Å². The van der Waals surface area contributed by atoms with Crippen molar-refractivity contribution in [2.75, 3.05) is 19.6 Å². The minimum atomic E-state index is 0. The van der Waals surface area contributed by atoms with Gasteiger partial charge in [0.25, 0.3) is 0 Å². The summed E-state index contributed by atoms with van der Waals surface area (Å²) in [5.74, 6) is 1.06. The smallest absolute Gasteiger partial charge is 0.0801 e. The number of hydrogen-bond donors (Lipinski definition) is 1. The highest BCUT2D eigenvalue weighted by Gasteiger charge is 2.24. The van der Waals surface area contributed by atoms with Gasteiger partial charge >= 0.3 is 0 Å². The molecule has 1 rings (SSSR count). The monoisotopic (exact) mass is 205 g/mol.